The quantitative estimate of drug-likeness (QED) is 0.569. The molecule has 2 aliphatic rings. The van der Waals surface area contributed by atoms with Crippen LogP contribution >= 0.6 is 0 Å². The van der Waals surface area contributed by atoms with Gasteiger partial charge in [-0.3, -0.25) is 9.59 Å². The molecule has 0 amide bonds. The van der Waals surface area contributed by atoms with E-state index in [2.05, 4.69) is 19.9 Å². The van der Waals surface area contributed by atoms with Gasteiger partial charge in [-0.2, -0.15) is 0 Å². The van der Waals surface area contributed by atoms with E-state index in [1.807, 2.05) is 39.0 Å². The fraction of sp³-hybridized carbons (Fsp3) is 0.579. The van der Waals surface area contributed by atoms with Crippen LogP contribution in [0, 0.1) is 17.3 Å². The summed E-state index contributed by atoms with van der Waals surface area (Å²) < 4.78 is 5.57. The highest BCUT2D eigenvalue weighted by molar-refractivity contribution is 5.99. The molecule has 3 atom stereocenters. The lowest BCUT2D eigenvalue weighted by Crippen LogP contribution is -2.18. The number of ether oxygens (including phenoxy) is 1. The van der Waals surface area contributed by atoms with Gasteiger partial charge in [0.05, 0.1) is 12.3 Å². The minimum absolute atomic E-state index is 0.0472. The normalized spacial score (nSPS) is 29.4. The molecule has 3 unspecified atom stereocenters. The Kier molecular flexibility index (Phi) is 4.74. The van der Waals surface area contributed by atoms with E-state index in [9.17, 15) is 9.59 Å². The molecule has 2 rings (SSSR count). The zero-order valence-electron chi connectivity index (χ0n) is 14.2. The molecule has 3 nitrogen and oxygen atoms in total. The summed E-state index contributed by atoms with van der Waals surface area (Å²) in [5, 5.41) is 0. The maximum absolute atomic E-state index is 12.4. The van der Waals surface area contributed by atoms with Gasteiger partial charge < -0.3 is 4.74 Å². The van der Waals surface area contributed by atoms with E-state index in [0.717, 1.165) is 5.57 Å². The van der Waals surface area contributed by atoms with Crippen molar-refractivity contribution in [3.05, 3.63) is 35.5 Å². The Morgan fingerprint density at radius 1 is 1.41 bits per heavy atom. The van der Waals surface area contributed by atoms with Crippen molar-refractivity contribution in [1.29, 1.82) is 0 Å². The van der Waals surface area contributed by atoms with Crippen molar-refractivity contribution in [1.82, 2.24) is 0 Å². The first kappa shape index (κ1) is 16.7. The predicted octanol–water partition coefficient (Wildman–Crippen LogP) is 4.00. The Hall–Kier alpha value is -1.64. The summed E-state index contributed by atoms with van der Waals surface area (Å²) >= 11 is 0. The summed E-state index contributed by atoms with van der Waals surface area (Å²) in [6.07, 6.45) is 8.36. The van der Waals surface area contributed by atoms with Crippen molar-refractivity contribution >= 4 is 11.8 Å². The average molecular weight is 302 g/mol. The largest absolute Gasteiger partial charge is 0.457 e. The van der Waals surface area contributed by atoms with Crippen molar-refractivity contribution < 1.29 is 14.3 Å². The number of allylic oxidation sites excluding steroid dienone is 5. The molecule has 0 spiro atoms. The molecule has 1 fully saturated rings. The molecule has 0 bridgehead atoms. The highest BCUT2D eigenvalue weighted by Gasteiger charge is 2.61. The van der Waals surface area contributed by atoms with Gasteiger partial charge in [0.15, 0.2) is 5.78 Å². The molecule has 0 heterocycles. The van der Waals surface area contributed by atoms with Crippen LogP contribution in [-0.4, -0.2) is 17.9 Å². The SMILES string of the molecule is CC=CCC1=CC(OC(=O)C2C(C=C(C)C)C2(C)C)CC1=O. The summed E-state index contributed by atoms with van der Waals surface area (Å²) in [7, 11) is 0. The van der Waals surface area contributed by atoms with Gasteiger partial charge in [0, 0.05) is 0 Å². The smallest absolute Gasteiger partial charge is 0.310 e. The lowest BCUT2D eigenvalue weighted by Gasteiger charge is -2.09. The first-order valence-electron chi connectivity index (χ1n) is 7.98. The molecule has 0 aromatic rings. The molecule has 0 aliphatic heterocycles. The fourth-order valence-corrected chi connectivity index (χ4v) is 3.21. The van der Waals surface area contributed by atoms with Gasteiger partial charge in [-0.05, 0) is 50.2 Å². The summed E-state index contributed by atoms with van der Waals surface area (Å²) in [5.74, 6) is 0.0692. The molecule has 2 aliphatic carbocycles. The second kappa shape index (κ2) is 6.23. The number of rotatable bonds is 5. The zero-order chi connectivity index (χ0) is 16.5. The van der Waals surface area contributed by atoms with E-state index in [-0.39, 0.29) is 35.1 Å². The van der Waals surface area contributed by atoms with Crippen molar-refractivity contribution in [2.75, 3.05) is 0 Å². The van der Waals surface area contributed by atoms with Gasteiger partial charge in [-0.25, -0.2) is 0 Å². The molecule has 0 saturated heterocycles. The lowest BCUT2D eigenvalue weighted by atomic mass is 10.1. The van der Waals surface area contributed by atoms with E-state index < -0.39 is 0 Å². The lowest BCUT2D eigenvalue weighted by molar-refractivity contribution is -0.149. The molecule has 0 N–H and O–H groups in total. The molecular formula is C19H26O3. The second-order valence-electron chi connectivity index (χ2n) is 7.14. The van der Waals surface area contributed by atoms with Crippen molar-refractivity contribution in [3.63, 3.8) is 0 Å². The maximum Gasteiger partial charge on any atom is 0.310 e. The predicted molar refractivity (Wildman–Crippen MR) is 87.2 cm³/mol. The molecule has 120 valence electrons. The van der Waals surface area contributed by atoms with Gasteiger partial charge in [0.25, 0.3) is 0 Å². The molecule has 0 radical (unpaired) electrons. The monoisotopic (exact) mass is 302 g/mol. The summed E-state index contributed by atoms with van der Waals surface area (Å²) in [6, 6.07) is 0. The summed E-state index contributed by atoms with van der Waals surface area (Å²) in [4.78, 5) is 24.3. The molecular weight excluding hydrogens is 276 g/mol. The van der Waals surface area contributed by atoms with Gasteiger partial charge in [-0.1, -0.05) is 37.6 Å². The minimum Gasteiger partial charge on any atom is -0.457 e. The van der Waals surface area contributed by atoms with E-state index >= 15 is 0 Å². The van der Waals surface area contributed by atoms with Crippen LogP contribution in [0.2, 0.25) is 0 Å². The van der Waals surface area contributed by atoms with Crippen LogP contribution in [0.3, 0.4) is 0 Å². The van der Waals surface area contributed by atoms with Crippen LogP contribution in [0.15, 0.2) is 35.5 Å². The highest BCUT2D eigenvalue weighted by Crippen LogP contribution is 2.60. The highest BCUT2D eigenvalue weighted by atomic mass is 16.5. The molecule has 0 aromatic carbocycles. The third kappa shape index (κ3) is 3.40. The van der Waals surface area contributed by atoms with Crippen LogP contribution in [-0.2, 0) is 14.3 Å². The van der Waals surface area contributed by atoms with E-state index in [0.29, 0.717) is 12.8 Å². The number of hydrogen-bond donors (Lipinski definition) is 0. The van der Waals surface area contributed by atoms with Gasteiger partial charge in [0.2, 0.25) is 0 Å². The van der Waals surface area contributed by atoms with Crippen LogP contribution in [0.5, 0.6) is 0 Å². The Labute approximate surface area is 133 Å². The standard InChI is InChI=1S/C19H26O3/c1-6-7-8-13-10-14(11-16(13)20)22-18(21)17-15(9-12(2)3)19(17,4)5/h6-7,9-10,14-15,17H,8,11H2,1-5H3. The average Bonchev–Trinajstić information content (AvgIpc) is 2.75. The zero-order valence-corrected chi connectivity index (χ0v) is 14.2. The van der Waals surface area contributed by atoms with Crippen LogP contribution in [0.25, 0.3) is 0 Å². The Morgan fingerprint density at radius 2 is 2.09 bits per heavy atom. The topological polar surface area (TPSA) is 43.4 Å². The molecule has 0 aromatic heterocycles. The van der Waals surface area contributed by atoms with Crippen LogP contribution < -0.4 is 0 Å². The number of ketones is 1. The Balaban J connectivity index is 1.98. The van der Waals surface area contributed by atoms with Crippen molar-refractivity contribution in [3.8, 4) is 0 Å². The first-order chi connectivity index (χ1) is 10.3. The Morgan fingerprint density at radius 3 is 2.68 bits per heavy atom. The van der Waals surface area contributed by atoms with Crippen molar-refractivity contribution in [2.24, 2.45) is 17.3 Å². The molecule has 1 saturated carbocycles. The maximum atomic E-state index is 12.4. The first-order valence-corrected chi connectivity index (χ1v) is 7.98. The fourth-order valence-electron chi connectivity index (χ4n) is 3.21. The number of Topliss-reactive ketones (excluding diaryl/α,β-unsaturated/α-hetero) is 1. The van der Waals surface area contributed by atoms with E-state index in [4.69, 9.17) is 4.74 Å². The molecule has 3 heteroatoms. The third-order valence-electron chi connectivity index (χ3n) is 4.65. The van der Waals surface area contributed by atoms with E-state index in [1.54, 1.807) is 0 Å². The van der Waals surface area contributed by atoms with Gasteiger partial charge in [-0.15, -0.1) is 0 Å². The number of esters is 1. The summed E-state index contributed by atoms with van der Waals surface area (Å²) in [5.41, 5.74) is 1.93. The number of carbonyl (C=O) groups is 2. The van der Waals surface area contributed by atoms with Gasteiger partial charge >= 0.3 is 5.97 Å². The minimum atomic E-state index is -0.385. The Bertz CT molecular complexity index is 559. The number of hydrogen-bond acceptors (Lipinski definition) is 3. The van der Waals surface area contributed by atoms with Gasteiger partial charge in [0.1, 0.15) is 6.10 Å². The second-order valence-corrected chi connectivity index (χ2v) is 7.14. The van der Waals surface area contributed by atoms with E-state index in [1.165, 1.54) is 5.57 Å². The van der Waals surface area contributed by atoms with Crippen LogP contribution in [0.4, 0.5) is 0 Å². The van der Waals surface area contributed by atoms with Crippen molar-refractivity contribution in [2.45, 2.75) is 53.6 Å². The number of carbonyl (C=O) groups excluding carboxylic acids is 2. The van der Waals surface area contributed by atoms with Crippen LogP contribution in [0.1, 0.15) is 47.5 Å². The summed E-state index contributed by atoms with van der Waals surface area (Å²) in [6.45, 7) is 10.2. The third-order valence-corrected chi connectivity index (χ3v) is 4.65. The molecule has 22 heavy (non-hydrogen) atoms.